The van der Waals surface area contributed by atoms with Gasteiger partial charge in [-0.15, -0.1) is 0 Å². The number of carbonyl (C=O) groups excluding carboxylic acids is 1. The van der Waals surface area contributed by atoms with Crippen LogP contribution in [-0.2, 0) is 4.79 Å². The summed E-state index contributed by atoms with van der Waals surface area (Å²) in [6, 6.07) is 11.8. The van der Waals surface area contributed by atoms with Crippen molar-refractivity contribution >= 4 is 21.8 Å². The van der Waals surface area contributed by atoms with Crippen LogP contribution in [0.3, 0.4) is 0 Å². The first-order valence-electron chi connectivity index (χ1n) is 8.76. The van der Waals surface area contributed by atoms with Crippen LogP contribution in [0.4, 0.5) is 0 Å². The lowest BCUT2D eigenvalue weighted by molar-refractivity contribution is -0.123. The molecule has 0 radical (unpaired) electrons. The minimum Gasteiger partial charge on any atom is -0.491 e. The second-order valence-electron chi connectivity index (χ2n) is 6.55. The molecule has 0 spiro atoms. The number of halogens is 1. The Balaban J connectivity index is 1.74. The van der Waals surface area contributed by atoms with Gasteiger partial charge in [-0.1, -0.05) is 48.0 Å². The zero-order valence-electron chi connectivity index (χ0n) is 15.8. The van der Waals surface area contributed by atoms with E-state index in [-0.39, 0.29) is 12.5 Å². The molecule has 140 valence electrons. The number of rotatable bonds is 8. The summed E-state index contributed by atoms with van der Waals surface area (Å²) >= 11 is 3.52. The Kier molecular flexibility index (Phi) is 7.51. The second-order valence-corrected chi connectivity index (χ2v) is 7.34. The molecule has 1 amide bonds. The number of amides is 1. The van der Waals surface area contributed by atoms with E-state index in [0.717, 1.165) is 21.3 Å². The van der Waals surface area contributed by atoms with E-state index in [1.807, 2.05) is 44.2 Å². The van der Waals surface area contributed by atoms with Crippen LogP contribution in [0, 0.1) is 13.8 Å². The third kappa shape index (κ3) is 5.77. The van der Waals surface area contributed by atoms with E-state index in [9.17, 15) is 4.79 Å². The van der Waals surface area contributed by atoms with Gasteiger partial charge in [0.15, 0.2) is 6.61 Å². The highest BCUT2D eigenvalue weighted by atomic mass is 79.9. The van der Waals surface area contributed by atoms with Crippen molar-refractivity contribution in [3.63, 3.8) is 0 Å². The van der Waals surface area contributed by atoms with Crippen LogP contribution in [0.5, 0.6) is 11.5 Å². The summed E-state index contributed by atoms with van der Waals surface area (Å²) in [5, 5.41) is 2.81. The van der Waals surface area contributed by atoms with Crippen LogP contribution < -0.4 is 14.8 Å². The molecular weight excluding hydrogens is 394 g/mol. The van der Waals surface area contributed by atoms with Crippen LogP contribution in [-0.4, -0.2) is 25.7 Å². The number of para-hydroxylation sites is 1. The summed E-state index contributed by atoms with van der Waals surface area (Å²) in [5.41, 5.74) is 3.33. The highest BCUT2D eigenvalue weighted by Crippen LogP contribution is 2.26. The Labute approximate surface area is 164 Å². The van der Waals surface area contributed by atoms with Crippen molar-refractivity contribution in [3.8, 4) is 11.5 Å². The Hall–Kier alpha value is -2.01. The first kappa shape index (κ1) is 20.3. The molecule has 4 nitrogen and oxygen atoms in total. The van der Waals surface area contributed by atoms with Crippen molar-refractivity contribution in [2.24, 2.45) is 0 Å². The third-order valence-electron chi connectivity index (χ3n) is 4.00. The molecule has 0 aromatic heterocycles. The molecule has 2 aromatic rings. The van der Waals surface area contributed by atoms with E-state index in [0.29, 0.717) is 24.8 Å². The molecule has 0 bridgehead atoms. The highest BCUT2D eigenvalue weighted by molar-refractivity contribution is 9.10. The Morgan fingerprint density at radius 2 is 1.77 bits per heavy atom. The summed E-state index contributed by atoms with van der Waals surface area (Å²) in [6.45, 7) is 9.11. The molecular formula is C21H26BrNO3. The predicted molar refractivity (Wildman–Crippen MR) is 108 cm³/mol. The molecule has 0 saturated carbocycles. The Morgan fingerprint density at radius 1 is 1.12 bits per heavy atom. The van der Waals surface area contributed by atoms with Crippen LogP contribution >= 0.6 is 15.9 Å². The fourth-order valence-corrected chi connectivity index (χ4v) is 2.86. The second kappa shape index (κ2) is 9.62. The first-order valence-corrected chi connectivity index (χ1v) is 9.55. The number of nitrogens with one attached hydrogen (secondary N) is 1. The quantitative estimate of drug-likeness (QED) is 0.627. The number of benzene rings is 2. The number of hydrogen-bond donors (Lipinski definition) is 1. The predicted octanol–water partition coefficient (Wildman–Crippen LogP) is 4.76. The van der Waals surface area contributed by atoms with Crippen LogP contribution in [0.2, 0.25) is 0 Å². The maximum atomic E-state index is 11.9. The van der Waals surface area contributed by atoms with Crippen molar-refractivity contribution in [1.29, 1.82) is 0 Å². The lowest BCUT2D eigenvalue weighted by Gasteiger charge is -2.14. The largest absolute Gasteiger partial charge is 0.491 e. The molecule has 0 aliphatic heterocycles. The molecule has 0 aliphatic rings. The molecule has 1 N–H and O–H groups in total. The molecule has 2 aromatic carbocycles. The monoisotopic (exact) mass is 419 g/mol. The van der Waals surface area contributed by atoms with E-state index in [1.54, 1.807) is 0 Å². The van der Waals surface area contributed by atoms with Gasteiger partial charge in [-0.3, -0.25) is 4.79 Å². The van der Waals surface area contributed by atoms with E-state index in [2.05, 4.69) is 41.2 Å². The van der Waals surface area contributed by atoms with Crippen molar-refractivity contribution in [2.75, 3.05) is 19.8 Å². The van der Waals surface area contributed by atoms with Gasteiger partial charge >= 0.3 is 0 Å². The SMILES string of the molecule is Cc1cc(OCC(=O)NCCOc2ccccc2C(C)C)cc(C)c1Br. The molecule has 26 heavy (non-hydrogen) atoms. The molecule has 2 rings (SSSR count). The number of carbonyl (C=O) groups is 1. The number of aryl methyl sites for hydroxylation is 2. The van der Waals surface area contributed by atoms with Gasteiger partial charge in [-0.2, -0.15) is 0 Å². The van der Waals surface area contributed by atoms with Crippen LogP contribution in [0.15, 0.2) is 40.9 Å². The van der Waals surface area contributed by atoms with E-state index >= 15 is 0 Å². The van der Waals surface area contributed by atoms with Gasteiger partial charge in [0.2, 0.25) is 0 Å². The molecule has 5 heteroatoms. The van der Waals surface area contributed by atoms with Gasteiger partial charge in [-0.25, -0.2) is 0 Å². The van der Waals surface area contributed by atoms with Gasteiger partial charge in [0.1, 0.15) is 18.1 Å². The zero-order valence-corrected chi connectivity index (χ0v) is 17.4. The molecule has 0 unspecified atom stereocenters. The van der Waals surface area contributed by atoms with Crippen molar-refractivity contribution in [3.05, 3.63) is 57.6 Å². The van der Waals surface area contributed by atoms with Crippen molar-refractivity contribution < 1.29 is 14.3 Å². The Bertz CT molecular complexity index is 736. The average molecular weight is 420 g/mol. The third-order valence-corrected chi connectivity index (χ3v) is 5.25. The maximum absolute atomic E-state index is 11.9. The molecule has 0 fully saturated rings. The highest BCUT2D eigenvalue weighted by Gasteiger charge is 2.08. The standard InChI is InChI=1S/C21H26BrNO3/c1-14(2)18-7-5-6-8-19(18)25-10-9-23-20(24)13-26-17-11-15(3)21(22)16(4)12-17/h5-8,11-12,14H,9-10,13H2,1-4H3,(H,23,24). The molecule has 0 saturated heterocycles. The lowest BCUT2D eigenvalue weighted by Crippen LogP contribution is -2.32. The van der Waals surface area contributed by atoms with Gasteiger partial charge in [0, 0.05) is 4.47 Å². The fraction of sp³-hybridized carbons (Fsp3) is 0.381. The number of hydrogen-bond acceptors (Lipinski definition) is 3. The van der Waals surface area contributed by atoms with Gasteiger partial charge in [0.05, 0.1) is 6.54 Å². The first-order chi connectivity index (χ1) is 12.4. The molecule has 0 aliphatic carbocycles. The Morgan fingerprint density at radius 3 is 2.42 bits per heavy atom. The topological polar surface area (TPSA) is 47.6 Å². The van der Waals surface area contributed by atoms with E-state index in [1.165, 1.54) is 5.56 Å². The maximum Gasteiger partial charge on any atom is 0.258 e. The summed E-state index contributed by atoms with van der Waals surface area (Å²) in [4.78, 5) is 11.9. The van der Waals surface area contributed by atoms with Crippen molar-refractivity contribution in [2.45, 2.75) is 33.6 Å². The fourth-order valence-electron chi connectivity index (χ4n) is 2.63. The van der Waals surface area contributed by atoms with Gasteiger partial charge in [-0.05, 0) is 54.7 Å². The normalized spacial score (nSPS) is 10.7. The van der Waals surface area contributed by atoms with Crippen LogP contribution in [0.25, 0.3) is 0 Å². The summed E-state index contributed by atoms with van der Waals surface area (Å²) < 4.78 is 12.4. The van der Waals surface area contributed by atoms with Gasteiger partial charge < -0.3 is 14.8 Å². The van der Waals surface area contributed by atoms with Gasteiger partial charge in [0.25, 0.3) is 5.91 Å². The zero-order chi connectivity index (χ0) is 19.1. The lowest BCUT2D eigenvalue weighted by atomic mass is 10.0. The van der Waals surface area contributed by atoms with E-state index < -0.39 is 0 Å². The average Bonchev–Trinajstić information content (AvgIpc) is 2.61. The molecule has 0 atom stereocenters. The summed E-state index contributed by atoms with van der Waals surface area (Å²) in [6.07, 6.45) is 0. The molecule has 0 heterocycles. The summed E-state index contributed by atoms with van der Waals surface area (Å²) in [5.74, 6) is 1.80. The minimum atomic E-state index is -0.163. The van der Waals surface area contributed by atoms with Crippen LogP contribution in [0.1, 0.15) is 36.5 Å². The van der Waals surface area contributed by atoms with E-state index in [4.69, 9.17) is 9.47 Å². The number of ether oxygens (including phenoxy) is 2. The summed E-state index contributed by atoms with van der Waals surface area (Å²) in [7, 11) is 0. The van der Waals surface area contributed by atoms with Crippen molar-refractivity contribution in [1.82, 2.24) is 5.32 Å². The minimum absolute atomic E-state index is 0.0108. The smallest absolute Gasteiger partial charge is 0.258 e.